The van der Waals surface area contributed by atoms with Gasteiger partial charge in [0.1, 0.15) is 12.1 Å². The predicted octanol–water partition coefficient (Wildman–Crippen LogP) is 1.97. The van der Waals surface area contributed by atoms with Gasteiger partial charge in [0.25, 0.3) is 11.8 Å². The lowest BCUT2D eigenvalue weighted by Crippen LogP contribution is -2.55. The number of likely N-dealkylation sites (N-methyl/N-ethyl adjacent to an activating group) is 1. The summed E-state index contributed by atoms with van der Waals surface area (Å²) in [5.74, 6) is -1.45. The van der Waals surface area contributed by atoms with Crippen molar-refractivity contribution in [3.8, 4) is 0 Å². The lowest BCUT2D eigenvalue weighted by Gasteiger charge is -2.33. The lowest BCUT2D eigenvalue weighted by molar-refractivity contribution is -0.144. The number of hydrogen-bond acceptors (Lipinski definition) is 4. The van der Waals surface area contributed by atoms with Gasteiger partial charge < -0.3 is 9.80 Å². The zero-order chi connectivity index (χ0) is 22.1. The van der Waals surface area contributed by atoms with Crippen LogP contribution in [0.3, 0.4) is 0 Å². The van der Waals surface area contributed by atoms with Crippen molar-refractivity contribution in [3.63, 3.8) is 0 Å². The van der Waals surface area contributed by atoms with Crippen molar-refractivity contribution in [2.45, 2.75) is 31.3 Å². The van der Waals surface area contributed by atoms with Crippen LogP contribution in [0.5, 0.6) is 0 Å². The second-order valence-electron chi connectivity index (χ2n) is 8.15. The molecule has 2 aromatic carbocycles. The van der Waals surface area contributed by atoms with Crippen LogP contribution in [0.2, 0.25) is 0 Å². The molecule has 2 aliphatic heterocycles. The van der Waals surface area contributed by atoms with E-state index in [1.807, 2.05) is 30.3 Å². The van der Waals surface area contributed by atoms with Crippen molar-refractivity contribution < 1.29 is 19.2 Å². The van der Waals surface area contributed by atoms with Crippen molar-refractivity contribution in [2.75, 3.05) is 20.6 Å². The summed E-state index contributed by atoms with van der Waals surface area (Å²) in [5, 5.41) is 0. The van der Waals surface area contributed by atoms with E-state index in [4.69, 9.17) is 0 Å². The van der Waals surface area contributed by atoms with Crippen LogP contribution in [-0.2, 0) is 16.0 Å². The molecular formula is C24H25N3O4. The molecule has 2 aliphatic rings. The van der Waals surface area contributed by atoms with Gasteiger partial charge in [-0.15, -0.1) is 0 Å². The van der Waals surface area contributed by atoms with E-state index in [-0.39, 0.29) is 18.2 Å². The van der Waals surface area contributed by atoms with Gasteiger partial charge in [-0.25, -0.2) is 0 Å². The van der Waals surface area contributed by atoms with Crippen LogP contribution in [0, 0.1) is 0 Å². The summed E-state index contributed by atoms with van der Waals surface area (Å²) in [6.07, 6.45) is 1.48. The molecule has 7 heteroatoms. The summed E-state index contributed by atoms with van der Waals surface area (Å²) < 4.78 is 0. The number of carbonyl (C=O) groups is 4. The number of nitrogens with zero attached hydrogens (tertiary/aromatic N) is 3. The van der Waals surface area contributed by atoms with Crippen LogP contribution in [-0.4, -0.2) is 71.1 Å². The molecule has 7 nitrogen and oxygen atoms in total. The van der Waals surface area contributed by atoms with Gasteiger partial charge in [0.2, 0.25) is 11.8 Å². The average molecular weight is 419 g/mol. The Morgan fingerprint density at radius 1 is 0.968 bits per heavy atom. The third-order valence-corrected chi connectivity index (χ3v) is 5.96. The van der Waals surface area contributed by atoms with E-state index in [0.29, 0.717) is 30.5 Å². The summed E-state index contributed by atoms with van der Waals surface area (Å²) in [7, 11) is 3.32. The minimum atomic E-state index is -1.01. The number of benzene rings is 2. The minimum Gasteiger partial charge on any atom is -0.347 e. The Morgan fingerprint density at radius 3 is 2.13 bits per heavy atom. The van der Waals surface area contributed by atoms with Gasteiger partial charge in [0, 0.05) is 27.1 Å². The highest BCUT2D eigenvalue weighted by molar-refractivity contribution is 6.23. The molecule has 1 fully saturated rings. The molecule has 0 unspecified atom stereocenters. The molecule has 0 aromatic heterocycles. The highest BCUT2D eigenvalue weighted by Crippen LogP contribution is 2.29. The molecule has 4 rings (SSSR count). The van der Waals surface area contributed by atoms with Gasteiger partial charge in [-0.1, -0.05) is 42.5 Å². The molecule has 0 spiro atoms. The predicted molar refractivity (Wildman–Crippen MR) is 114 cm³/mol. The largest absolute Gasteiger partial charge is 0.347 e. The highest BCUT2D eigenvalue weighted by Gasteiger charge is 2.46. The molecule has 0 N–H and O–H groups in total. The van der Waals surface area contributed by atoms with E-state index in [0.717, 1.165) is 10.5 Å². The van der Waals surface area contributed by atoms with Crippen molar-refractivity contribution in [1.82, 2.24) is 14.7 Å². The van der Waals surface area contributed by atoms with Crippen LogP contribution in [0.4, 0.5) is 0 Å². The molecule has 0 radical (unpaired) electrons. The van der Waals surface area contributed by atoms with E-state index >= 15 is 0 Å². The number of imide groups is 1. The molecule has 0 aliphatic carbocycles. The number of hydrogen-bond donors (Lipinski definition) is 0. The van der Waals surface area contributed by atoms with Crippen LogP contribution in [0.15, 0.2) is 54.6 Å². The second kappa shape index (κ2) is 8.34. The van der Waals surface area contributed by atoms with Gasteiger partial charge in [-0.05, 0) is 30.5 Å². The Bertz CT molecular complexity index is 999. The van der Waals surface area contributed by atoms with E-state index in [9.17, 15) is 19.2 Å². The maximum Gasteiger partial charge on any atom is 0.262 e. The van der Waals surface area contributed by atoms with E-state index in [1.54, 1.807) is 43.3 Å². The smallest absolute Gasteiger partial charge is 0.262 e. The first-order valence-corrected chi connectivity index (χ1v) is 10.4. The van der Waals surface area contributed by atoms with Crippen LogP contribution in [0.25, 0.3) is 0 Å². The number of amides is 4. The summed E-state index contributed by atoms with van der Waals surface area (Å²) in [6.45, 7) is 0.428. The lowest BCUT2D eigenvalue weighted by atomic mass is 10.0. The molecule has 4 amide bonds. The fourth-order valence-corrected chi connectivity index (χ4v) is 4.39. The minimum absolute atomic E-state index is 0.147. The number of rotatable bonds is 5. The van der Waals surface area contributed by atoms with Crippen molar-refractivity contribution in [1.29, 1.82) is 0 Å². The van der Waals surface area contributed by atoms with Gasteiger partial charge in [-0.3, -0.25) is 24.1 Å². The van der Waals surface area contributed by atoms with Gasteiger partial charge in [0.05, 0.1) is 11.1 Å². The topological polar surface area (TPSA) is 78.0 Å². The fourth-order valence-electron chi connectivity index (χ4n) is 4.39. The average Bonchev–Trinajstić information content (AvgIpc) is 3.36. The van der Waals surface area contributed by atoms with Crippen molar-refractivity contribution in [3.05, 3.63) is 71.3 Å². The first-order chi connectivity index (χ1) is 14.9. The second-order valence-corrected chi connectivity index (χ2v) is 8.15. The Hall–Kier alpha value is -3.48. The zero-order valence-electron chi connectivity index (χ0n) is 17.7. The summed E-state index contributed by atoms with van der Waals surface area (Å²) >= 11 is 0. The van der Waals surface area contributed by atoms with Crippen LogP contribution >= 0.6 is 0 Å². The first kappa shape index (κ1) is 20.8. The van der Waals surface area contributed by atoms with Gasteiger partial charge in [0.15, 0.2) is 0 Å². The molecule has 0 saturated carbocycles. The first-order valence-electron chi connectivity index (χ1n) is 10.4. The van der Waals surface area contributed by atoms with E-state index < -0.39 is 23.9 Å². The number of fused-ring (bicyclic) bond motifs is 1. The van der Waals surface area contributed by atoms with Crippen molar-refractivity contribution >= 4 is 23.6 Å². The van der Waals surface area contributed by atoms with Gasteiger partial charge in [-0.2, -0.15) is 0 Å². The third-order valence-electron chi connectivity index (χ3n) is 5.96. The molecule has 2 heterocycles. The number of carbonyl (C=O) groups excluding carboxylic acids is 4. The Balaban J connectivity index is 1.70. The molecule has 2 atom stereocenters. The number of likely N-dealkylation sites (tertiary alicyclic amines) is 1. The normalized spacial score (nSPS) is 18.8. The molecule has 0 bridgehead atoms. The Kier molecular flexibility index (Phi) is 5.59. The van der Waals surface area contributed by atoms with Crippen molar-refractivity contribution in [2.24, 2.45) is 0 Å². The summed E-state index contributed by atoms with van der Waals surface area (Å²) in [4.78, 5) is 56.8. The quantitative estimate of drug-likeness (QED) is 0.695. The monoisotopic (exact) mass is 419 g/mol. The molecular weight excluding hydrogens is 394 g/mol. The van der Waals surface area contributed by atoms with E-state index in [1.165, 1.54) is 4.90 Å². The molecule has 31 heavy (non-hydrogen) atoms. The Morgan fingerprint density at radius 2 is 1.55 bits per heavy atom. The maximum absolute atomic E-state index is 13.7. The Labute approximate surface area is 181 Å². The summed E-state index contributed by atoms with van der Waals surface area (Å²) in [5.41, 5.74) is 1.45. The molecule has 160 valence electrons. The maximum atomic E-state index is 13.7. The summed E-state index contributed by atoms with van der Waals surface area (Å²) in [6, 6.07) is 14.3. The zero-order valence-corrected chi connectivity index (χ0v) is 17.7. The van der Waals surface area contributed by atoms with Gasteiger partial charge >= 0.3 is 0 Å². The van der Waals surface area contributed by atoms with E-state index in [2.05, 4.69) is 0 Å². The SMILES string of the molecule is CN(C)C(=O)[C@@H]1CCCN1C(=O)[C@@H](Cc1ccccc1)N1C(=O)c2ccccc2C1=O. The molecule has 1 saturated heterocycles. The standard InChI is InChI=1S/C24H25N3O4/c1-25(2)23(30)19-13-8-14-26(19)24(31)20(15-16-9-4-3-5-10-16)27-21(28)17-11-6-7-12-18(17)22(27)29/h3-7,9-12,19-20H,8,13-15H2,1-2H3/t19-,20+/m0/s1. The molecule has 2 aromatic rings. The van der Waals surface area contributed by atoms with Crippen LogP contribution in [0.1, 0.15) is 39.1 Å². The fraction of sp³-hybridized carbons (Fsp3) is 0.333. The van der Waals surface area contributed by atoms with Crippen LogP contribution < -0.4 is 0 Å². The highest BCUT2D eigenvalue weighted by atomic mass is 16.2. The third kappa shape index (κ3) is 3.71.